The van der Waals surface area contributed by atoms with E-state index in [0.29, 0.717) is 17.5 Å². The Morgan fingerprint density at radius 2 is 0.912 bits per heavy atom. The molecule has 0 radical (unpaired) electrons. The summed E-state index contributed by atoms with van der Waals surface area (Å²) in [6.07, 6.45) is 0. The molecule has 0 bridgehead atoms. The van der Waals surface area contributed by atoms with Gasteiger partial charge in [-0.15, -0.1) is 22.7 Å². The van der Waals surface area contributed by atoms with E-state index >= 15 is 0 Å². The molecule has 0 unspecified atom stereocenters. The highest BCUT2D eigenvalue weighted by Crippen LogP contribution is 2.42. The molecule has 6 heteroatoms. The molecular weight excluding hydrogens is 733 g/mol. The molecule has 8 aromatic carbocycles. The van der Waals surface area contributed by atoms with Crippen LogP contribution in [-0.4, -0.2) is 19.5 Å². The molecule has 0 N–H and O–H groups in total. The van der Waals surface area contributed by atoms with Crippen LogP contribution in [0, 0.1) is 0 Å². The van der Waals surface area contributed by atoms with Crippen molar-refractivity contribution in [1.82, 2.24) is 19.5 Å². The van der Waals surface area contributed by atoms with Crippen molar-refractivity contribution in [1.29, 1.82) is 0 Å². The topological polar surface area (TPSA) is 43.6 Å². The minimum absolute atomic E-state index is 0.630. The van der Waals surface area contributed by atoms with Crippen molar-refractivity contribution in [2.24, 2.45) is 0 Å². The van der Waals surface area contributed by atoms with Crippen LogP contribution < -0.4 is 0 Å². The van der Waals surface area contributed by atoms with Crippen molar-refractivity contribution in [2.45, 2.75) is 0 Å². The van der Waals surface area contributed by atoms with Crippen LogP contribution >= 0.6 is 22.7 Å². The molecule has 4 nitrogen and oxygen atoms in total. The van der Waals surface area contributed by atoms with Crippen LogP contribution in [0.2, 0.25) is 0 Å². The average Bonchev–Trinajstić information content (AvgIpc) is 3.95. The zero-order valence-electron chi connectivity index (χ0n) is 30.4. The highest BCUT2D eigenvalue weighted by Gasteiger charge is 2.21. The van der Waals surface area contributed by atoms with Gasteiger partial charge in [-0.05, 0) is 59.7 Å². The lowest BCUT2D eigenvalue weighted by molar-refractivity contribution is 1.07. The number of benzene rings is 8. The van der Waals surface area contributed by atoms with E-state index in [9.17, 15) is 0 Å². The summed E-state index contributed by atoms with van der Waals surface area (Å²) in [6.45, 7) is 0. The molecule has 4 aromatic heterocycles. The molecule has 4 heterocycles. The highest BCUT2D eigenvalue weighted by molar-refractivity contribution is 7.26. The highest BCUT2D eigenvalue weighted by atomic mass is 32.1. The van der Waals surface area contributed by atoms with E-state index in [1.54, 1.807) is 22.7 Å². The molecule has 0 amide bonds. The molecule has 57 heavy (non-hydrogen) atoms. The predicted molar refractivity (Wildman–Crippen MR) is 242 cm³/mol. The Morgan fingerprint density at radius 1 is 0.333 bits per heavy atom. The summed E-state index contributed by atoms with van der Waals surface area (Å²) < 4.78 is 7.28. The van der Waals surface area contributed by atoms with Gasteiger partial charge >= 0.3 is 0 Å². The second-order valence-electron chi connectivity index (χ2n) is 14.4. The standard InChI is InChI=1S/C51H30N4S2/c1-2-13-31(14-3-1)32-25-27-35-34-15-4-8-21-42(34)55(44(35)29-32)43-22-9-5-18-40(43)50-52-49(33-26-28-38-36-16-6-10-23-45(36)56-47(38)30-33)53-51(54-50)41-20-12-19-39-37-17-7-11-24-46(37)57-48(39)41/h1-30H. The molecule has 0 aliphatic rings. The van der Waals surface area contributed by atoms with E-state index in [1.165, 1.54) is 62.2 Å². The maximum Gasteiger partial charge on any atom is 0.166 e. The maximum absolute atomic E-state index is 5.39. The number of nitrogens with zero attached hydrogens (tertiary/aromatic N) is 4. The fourth-order valence-corrected chi connectivity index (χ4v) is 10.8. The van der Waals surface area contributed by atoms with Crippen LogP contribution in [-0.2, 0) is 0 Å². The van der Waals surface area contributed by atoms with Gasteiger partial charge in [0.1, 0.15) is 0 Å². The van der Waals surface area contributed by atoms with Crippen molar-refractivity contribution in [3.8, 4) is 51.0 Å². The molecule has 0 atom stereocenters. The lowest BCUT2D eigenvalue weighted by Crippen LogP contribution is -2.03. The Hall–Kier alpha value is -6.99. The summed E-state index contributed by atoms with van der Waals surface area (Å²) in [4.78, 5) is 16.0. The van der Waals surface area contributed by atoms with Crippen LogP contribution in [0.3, 0.4) is 0 Å². The van der Waals surface area contributed by atoms with E-state index < -0.39 is 0 Å². The molecule has 0 fully saturated rings. The van der Waals surface area contributed by atoms with Gasteiger partial charge < -0.3 is 4.57 Å². The summed E-state index contributed by atoms with van der Waals surface area (Å²) in [7, 11) is 0. The maximum atomic E-state index is 5.39. The van der Waals surface area contributed by atoms with Crippen molar-refractivity contribution < 1.29 is 0 Å². The molecule has 0 saturated heterocycles. The number of hydrogen-bond donors (Lipinski definition) is 0. The first-order chi connectivity index (χ1) is 28.2. The van der Waals surface area contributed by atoms with Crippen LogP contribution in [0.25, 0.3) is 113 Å². The quantitative estimate of drug-likeness (QED) is 0.175. The summed E-state index contributed by atoms with van der Waals surface area (Å²) in [5.74, 6) is 1.94. The van der Waals surface area contributed by atoms with Crippen LogP contribution in [0.5, 0.6) is 0 Å². The molecule has 0 aliphatic heterocycles. The molecular formula is C51H30N4S2. The first kappa shape index (κ1) is 32.3. The van der Waals surface area contributed by atoms with E-state index in [2.05, 4.69) is 187 Å². The molecule has 0 aliphatic carbocycles. The fraction of sp³-hybridized carbons (Fsp3) is 0. The SMILES string of the molecule is c1ccc(-c2ccc3c4ccccc4n(-c4ccccc4-c4nc(-c5ccc6c(c5)sc5ccccc56)nc(-c5cccc6c5sc5ccccc56)n4)c3c2)cc1. The zero-order valence-corrected chi connectivity index (χ0v) is 32.1. The van der Waals surface area contributed by atoms with Gasteiger partial charge in [0.15, 0.2) is 17.5 Å². The van der Waals surface area contributed by atoms with Gasteiger partial charge in [-0.2, -0.15) is 0 Å². The van der Waals surface area contributed by atoms with Gasteiger partial charge in [-0.25, -0.2) is 15.0 Å². The monoisotopic (exact) mass is 762 g/mol. The Labute approximate surface area is 335 Å². The molecule has 0 saturated carbocycles. The van der Waals surface area contributed by atoms with Crippen LogP contribution in [0.4, 0.5) is 0 Å². The van der Waals surface area contributed by atoms with Gasteiger partial charge in [0.05, 0.1) is 16.7 Å². The molecule has 12 rings (SSSR count). The lowest BCUT2D eigenvalue weighted by Gasteiger charge is -2.15. The number of rotatable bonds is 5. The second kappa shape index (κ2) is 12.8. The third kappa shape index (κ3) is 5.15. The van der Waals surface area contributed by atoms with Gasteiger partial charge in [-0.1, -0.05) is 133 Å². The van der Waals surface area contributed by atoms with Crippen LogP contribution in [0.1, 0.15) is 0 Å². The van der Waals surface area contributed by atoms with Crippen molar-refractivity contribution in [3.63, 3.8) is 0 Å². The van der Waals surface area contributed by atoms with E-state index in [4.69, 9.17) is 15.0 Å². The third-order valence-corrected chi connectivity index (χ3v) is 13.4. The number of hydrogen-bond acceptors (Lipinski definition) is 5. The van der Waals surface area contributed by atoms with Crippen molar-refractivity contribution in [2.75, 3.05) is 0 Å². The van der Waals surface area contributed by atoms with Crippen LogP contribution in [0.15, 0.2) is 182 Å². The predicted octanol–water partition coefficient (Wildman–Crippen LogP) is 14.4. The second-order valence-corrected chi connectivity index (χ2v) is 16.5. The Kier molecular flexibility index (Phi) is 7.24. The summed E-state index contributed by atoms with van der Waals surface area (Å²) in [5, 5.41) is 7.37. The number of fused-ring (bicyclic) bond motifs is 9. The molecule has 12 aromatic rings. The Balaban J connectivity index is 1.12. The minimum Gasteiger partial charge on any atom is -0.308 e. The van der Waals surface area contributed by atoms with Crippen molar-refractivity contribution in [3.05, 3.63) is 182 Å². The summed E-state index contributed by atoms with van der Waals surface area (Å²) >= 11 is 3.60. The van der Waals surface area contributed by atoms with Gasteiger partial charge in [0.2, 0.25) is 0 Å². The Bertz CT molecular complexity index is 3540. The average molecular weight is 763 g/mol. The van der Waals surface area contributed by atoms with Gasteiger partial charge in [0, 0.05) is 67.8 Å². The zero-order chi connectivity index (χ0) is 37.5. The summed E-state index contributed by atoms with van der Waals surface area (Å²) in [6, 6.07) is 64.9. The van der Waals surface area contributed by atoms with E-state index in [0.717, 1.165) is 33.4 Å². The van der Waals surface area contributed by atoms with Gasteiger partial charge in [-0.3, -0.25) is 0 Å². The molecule has 266 valence electrons. The Morgan fingerprint density at radius 3 is 1.77 bits per heavy atom. The van der Waals surface area contributed by atoms with E-state index in [1.807, 2.05) is 0 Å². The number of thiophene rings is 2. The third-order valence-electron chi connectivity index (χ3n) is 11.1. The largest absolute Gasteiger partial charge is 0.308 e. The molecule has 0 spiro atoms. The minimum atomic E-state index is 0.630. The number of aromatic nitrogens is 4. The fourth-order valence-electron chi connectivity index (χ4n) is 8.43. The summed E-state index contributed by atoms with van der Waals surface area (Å²) in [5.41, 5.74) is 8.52. The lowest BCUT2D eigenvalue weighted by atomic mass is 10.0. The van der Waals surface area contributed by atoms with Gasteiger partial charge in [0.25, 0.3) is 0 Å². The number of para-hydroxylation sites is 2. The first-order valence-electron chi connectivity index (χ1n) is 19.0. The first-order valence-corrected chi connectivity index (χ1v) is 20.7. The normalized spacial score (nSPS) is 11.9. The van der Waals surface area contributed by atoms with E-state index in [-0.39, 0.29) is 0 Å². The van der Waals surface area contributed by atoms with Crippen molar-refractivity contribution >= 4 is 84.8 Å². The smallest absolute Gasteiger partial charge is 0.166 e.